The van der Waals surface area contributed by atoms with Crippen molar-refractivity contribution in [3.05, 3.63) is 53.6 Å². The van der Waals surface area contributed by atoms with Gasteiger partial charge in [0.1, 0.15) is 11.5 Å². The molecule has 6 nitrogen and oxygen atoms in total. The van der Waals surface area contributed by atoms with Crippen molar-refractivity contribution in [2.24, 2.45) is 5.10 Å². The van der Waals surface area contributed by atoms with Crippen LogP contribution in [0.5, 0.6) is 11.5 Å². The number of methoxy groups -OCH3 is 2. The Bertz CT molecular complexity index is 741. The molecule has 23 heavy (non-hydrogen) atoms. The molecular weight excluding hydrogens is 296 g/mol. The van der Waals surface area contributed by atoms with Gasteiger partial charge in [0.25, 0.3) is 0 Å². The molecule has 0 aliphatic rings. The van der Waals surface area contributed by atoms with Crippen molar-refractivity contribution in [3.8, 4) is 11.5 Å². The monoisotopic (exact) mass is 314 g/mol. The smallest absolute Gasteiger partial charge is 0.335 e. The fourth-order valence-corrected chi connectivity index (χ4v) is 2.03. The van der Waals surface area contributed by atoms with Gasteiger partial charge in [-0.1, -0.05) is 6.07 Å². The lowest BCUT2D eigenvalue weighted by molar-refractivity contribution is 0.0697. The van der Waals surface area contributed by atoms with Crippen LogP contribution < -0.4 is 14.9 Å². The van der Waals surface area contributed by atoms with E-state index < -0.39 is 5.97 Å². The molecule has 2 aromatic rings. The van der Waals surface area contributed by atoms with Crippen LogP contribution in [0.2, 0.25) is 0 Å². The Morgan fingerprint density at radius 2 is 1.91 bits per heavy atom. The number of hydrazone groups is 1. The highest BCUT2D eigenvalue weighted by Gasteiger charge is 2.08. The Hall–Kier alpha value is -3.02. The zero-order valence-electron chi connectivity index (χ0n) is 13.2. The quantitative estimate of drug-likeness (QED) is 0.632. The third-order valence-corrected chi connectivity index (χ3v) is 3.26. The van der Waals surface area contributed by atoms with E-state index in [1.807, 2.05) is 19.1 Å². The summed E-state index contributed by atoms with van der Waals surface area (Å²) in [4.78, 5) is 11.0. The number of hydrogen-bond acceptors (Lipinski definition) is 5. The number of carbonyl (C=O) groups is 1. The predicted molar refractivity (Wildman–Crippen MR) is 88.8 cm³/mol. The molecule has 2 N–H and O–H groups in total. The molecule has 0 aliphatic heterocycles. The third-order valence-electron chi connectivity index (χ3n) is 3.26. The highest BCUT2D eigenvalue weighted by Crippen LogP contribution is 2.25. The highest BCUT2D eigenvalue weighted by atomic mass is 16.5. The van der Waals surface area contributed by atoms with Crippen LogP contribution in [0.25, 0.3) is 0 Å². The molecule has 0 fully saturated rings. The van der Waals surface area contributed by atoms with Gasteiger partial charge >= 0.3 is 5.97 Å². The first-order chi connectivity index (χ1) is 11.0. The van der Waals surface area contributed by atoms with E-state index >= 15 is 0 Å². The largest absolute Gasteiger partial charge is 0.497 e. The number of ether oxygens (including phenoxy) is 2. The number of benzene rings is 2. The Labute approximate surface area is 134 Å². The van der Waals surface area contributed by atoms with Crippen LogP contribution in [0.1, 0.15) is 22.8 Å². The summed E-state index contributed by atoms with van der Waals surface area (Å²) in [6.45, 7) is 1.83. The van der Waals surface area contributed by atoms with Gasteiger partial charge in [-0.2, -0.15) is 5.10 Å². The van der Waals surface area contributed by atoms with Gasteiger partial charge in [-0.3, -0.25) is 5.43 Å². The molecule has 120 valence electrons. The maximum Gasteiger partial charge on any atom is 0.335 e. The molecule has 0 heterocycles. The van der Waals surface area contributed by atoms with E-state index in [0.717, 1.165) is 5.56 Å². The van der Waals surface area contributed by atoms with Gasteiger partial charge in [0.15, 0.2) is 0 Å². The Balaban J connectivity index is 2.23. The second-order valence-electron chi connectivity index (χ2n) is 4.76. The number of hydrogen-bond donors (Lipinski definition) is 2. The van der Waals surface area contributed by atoms with Crippen LogP contribution in [0.3, 0.4) is 0 Å². The van der Waals surface area contributed by atoms with Crippen LogP contribution in [0, 0.1) is 0 Å². The molecule has 0 aliphatic carbocycles. The first-order valence-electron chi connectivity index (χ1n) is 6.91. The average Bonchev–Trinajstić information content (AvgIpc) is 2.59. The number of nitrogens with zero attached hydrogens (tertiary/aromatic N) is 1. The topological polar surface area (TPSA) is 80.2 Å². The van der Waals surface area contributed by atoms with E-state index in [0.29, 0.717) is 22.9 Å². The number of carboxylic acids is 1. The lowest BCUT2D eigenvalue weighted by Gasteiger charge is -2.10. The molecule has 0 aromatic heterocycles. The standard InChI is InChI=1S/C17H18N2O4/c1-11(15-8-7-14(22-2)10-16(15)23-3)18-19-13-6-4-5-12(9-13)17(20)21/h4-10,19H,1-3H3,(H,20,21)/b18-11+. The Morgan fingerprint density at radius 3 is 2.57 bits per heavy atom. The summed E-state index contributed by atoms with van der Waals surface area (Å²) < 4.78 is 10.5. The molecule has 0 atom stereocenters. The number of carboxylic acid groups (broad SMARTS) is 1. The summed E-state index contributed by atoms with van der Waals surface area (Å²) in [5.41, 5.74) is 5.16. The van der Waals surface area contributed by atoms with Crippen LogP contribution in [0.15, 0.2) is 47.6 Å². The van der Waals surface area contributed by atoms with Gasteiger partial charge < -0.3 is 14.6 Å². The minimum Gasteiger partial charge on any atom is -0.497 e. The number of aromatic carboxylic acids is 1. The van der Waals surface area contributed by atoms with Gasteiger partial charge in [0, 0.05) is 11.6 Å². The molecule has 0 saturated carbocycles. The highest BCUT2D eigenvalue weighted by molar-refractivity contribution is 6.01. The van der Waals surface area contributed by atoms with Crippen LogP contribution in [-0.4, -0.2) is 31.0 Å². The molecule has 6 heteroatoms. The molecule has 2 rings (SSSR count). The van der Waals surface area contributed by atoms with Crippen molar-refractivity contribution >= 4 is 17.4 Å². The average molecular weight is 314 g/mol. The Kier molecular flexibility index (Phi) is 5.19. The maximum absolute atomic E-state index is 11.0. The molecule has 0 radical (unpaired) electrons. The van der Waals surface area contributed by atoms with E-state index in [1.165, 1.54) is 12.1 Å². The maximum atomic E-state index is 11.0. The minimum atomic E-state index is -0.980. The van der Waals surface area contributed by atoms with Crippen LogP contribution in [-0.2, 0) is 0 Å². The summed E-state index contributed by atoms with van der Waals surface area (Å²) in [5, 5.41) is 13.3. The zero-order valence-corrected chi connectivity index (χ0v) is 13.2. The SMILES string of the molecule is COc1ccc(/C(C)=N/Nc2cccc(C(=O)O)c2)c(OC)c1. The second-order valence-corrected chi connectivity index (χ2v) is 4.76. The number of anilines is 1. The fraction of sp³-hybridized carbons (Fsp3) is 0.176. The molecule has 0 bridgehead atoms. The van der Waals surface area contributed by atoms with Gasteiger partial charge in [-0.15, -0.1) is 0 Å². The lowest BCUT2D eigenvalue weighted by Crippen LogP contribution is -2.03. The van der Waals surface area contributed by atoms with E-state index in [4.69, 9.17) is 14.6 Å². The second kappa shape index (κ2) is 7.31. The fourth-order valence-electron chi connectivity index (χ4n) is 2.03. The first kappa shape index (κ1) is 16.4. The van der Waals surface area contributed by atoms with Crippen LogP contribution in [0.4, 0.5) is 5.69 Å². The zero-order chi connectivity index (χ0) is 16.8. The van der Waals surface area contributed by atoms with Crippen molar-refractivity contribution in [2.75, 3.05) is 19.6 Å². The Morgan fingerprint density at radius 1 is 1.13 bits per heavy atom. The summed E-state index contributed by atoms with van der Waals surface area (Å²) in [7, 11) is 3.17. The number of nitrogens with one attached hydrogen (secondary N) is 1. The summed E-state index contributed by atoms with van der Waals surface area (Å²) >= 11 is 0. The van der Waals surface area contributed by atoms with E-state index in [9.17, 15) is 4.79 Å². The van der Waals surface area contributed by atoms with E-state index in [1.54, 1.807) is 32.4 Å². The van der Waals surface area contributed by atoms with Crippen molar-refractivity contribution < 1.29 is 19.4 Å². The molecule has 0 saturated heterocycles. The predicted octanol–water partition coefficient (Wildman–Crippen LogP) is 3.24. The summed E-state index contributed by atoms with van der Waals surface area (Å²) in [6.07, 6.45) is 0. The van der Waals surface area contributed by atoms with E-state index in [-0.39, 0.29) is 5.56 Å². The van der Waals surface area contributed by atoms with Gasteiger partial charge in [0.05, 0.1) is 31.2 Å². The van der Waals surface area contributed by atoms with Crippen molar-refractivity contribution in [1.29, 1.82) is 0 Å². The number of rotatable bonds is 6. The molecule has 0 amide bonds. The van der Waals surface area contributed by atoms with Crippen molar-refractivity contribution in [3.63, 3.8) is 0 Å². The van der Waals surface area contributed by atoms with Gasteiger partial charge in [-0.25, -0.2) is 4.79 Å². The summed E-state index contributed by atoms with van der Waals surface area (Å²) in [5.74, 6) is 0.360. The van der Waals surface area contributed by atoms with Gasteiger partial charge in [-0.05, 0) is 37.3 Å². The summed E-state index contributed by atoms with van der Waals surface area (Å²) in [6, 6.07) is 11.9. The first-order valence-corrected chi connectivity index (χ1v) is 6.91. The van der Waals surface area contributed by atoms with Gasteiger partial charge in [0.2, 0.25) is 0 Å². The minimum absolute atomic E-state index is 0.199. The van der Waals surface area contributed by atoms with E-state index in [2.05, 4.69) is 10.5 Å². The van der Waals surface area contributed by atoms with Crippen molar-refractivity contribution in [1.82, 2.24) is 0 Å². The molecule has 0 spiro atoms. The molecular formula is C17H18N2O4. The third kappa shape index (κ3) is 4.00. The van der Waals surface area contributed by atoms with Crippen LogP contribution >= 0.6 is 0 Å². The normalized spacial score (nSPS) is 11.0. The van der Waals surface area contributed by atoms with Crippen molar-refractivity contribution in [2.45, 2.75) is 6.92 Å². The molecule has 2 aromatic carbocycles. The lowest BCUT2D eigenvalue weighted by atomic mass is 10.1. The molecule has 0 unspecified atom stereocenters.